The molecular weight excluding hydrogens is 333 g/mol. The number of hydrogen-bond donors (Lipinski definition) is 3. The van der Waals surface area contributed by atoms with Crippen LogP contribution in [0.4, 0.5) is 18.0 Å². The first kappa shape index (κ1) is 17.0. The molecule has 10 heteroatoms. The van der Waals surface area contributed by atoms with Gasteiger partial charge in [0.15, 0.2) is 5.78 Å². The van der Waals surface area contributed by atoms with Crippen molar-refractivity contribution in [3.63, 3.8) is 0 Å². The summed E-state index contributed by atoms with van der Waals surface area (Å²) in [4.78, 5) is 34.6. The number of alkyl halides is 3. The maximum absolute atomic E-state index is 12.1. The molecule has 0 aromatic heterocycles. The fraction of sp³-hybridized carbons (Fsp3) is 0.786. The molecule has 0 atom stereocenters. The Morgan fingerprint density at radius 2 is 1.75 bits per heavy atom. The van der Waals surface area contributed by atoms with E-state index in [1.54, 1.807) is 0 Å². The summed E-state index contributed by atoms with van der Waals surface area (Å²) in [6.45, 7) is -0.219. The number of ketones is 1. The Labute approximate surface area is 134 Å². The summed E-state index contributed by atoms with van der Waals surface area (Å²) >= 11 is 0. The van der Waals surface area contributed by atoms with Gasteiger partial charge in [0, 0.05) is 11.5 Å². The third-order valence-electron chi connectivity index (χ3n) is 5.16. The maximum Gasteiger partial charge on any atom is 0.522 e. The second-order valence-corrected chi connectivity index (χ2v) is 7.02. The Balaban J connectivity index is 1.35. The van der Waals surface area contributed by atoms with Gasteiger partial charge in [-0.15, -0.1) is 13.2 Å². The molecular formula is C14H17F3N2O5. The van der Waals surface area contributed by atoms with E-state index in [4.69, 9.17) is 5.11 Å². The zero-order valence-corrected chi connectivity index (χ0v) is 12.6. The number of nitrogens with one attached hydrogen (secondary N) is 2. The highest BCUT2D eigenvalue weighted by Crippen LogP contribution is 2.67. The van der Waals surface area contributed by atoms with Gasteiger partial charge in [0.05, 0.1) is 18.1 Å². The molecule has 0 aromatic rings. The predicted octanol–water partition coefficient (Wildman–Crippen LogP) is 1.18. The van der Waals surface area contributed by atoms with E-state index in [9.17, 15) is 27.6 Å². The minimum Gasteiger partial charge on any atom is -0.465 e. The molecule has 7 nitrogen and oxygen atoms in total. The Hall–Kier alpha value is -1.84. The first-order valence-corrected chi connectivity index (χ1v) is 7.59. The Morgan fingerprint density at radius 1 is 1.17 bits per heavy atom. The number of Topliss-reactive ketones (excluding diaryl/α,β-unsaturated/α-hetero) is 1. The molecule has 2 bridgehead atoms. The number of carboxylic acid groups (broad SMARTS) is 1. The second kappa shape index (κ2) is 5.33. The number of rotatable bonds is 6. The summed E-state index contributed by atoms with van der Waals surface area (Å²) in [6, 6.07) is 0. The minimum atomic E-state index is -4.70. The maximum atomic E-state index is 12.1. The van der Waals surface area contributed by atoms with Crippen LogP contribution in [0, 0.1) is 11.3 Å². The fourth-order valence-electron chi connectivity index (χ4n) is 4.00. The van der Waals surface area contributed by atoms with E-state index in [0.29, 0.717) is 19.3 Å². The van der Waals surface area contributed by atoms with Crippen LogP contribution in [-0.4, -0.2) is 47.4 Å². The summed E-state index contributed by atoms with van der Waals surface area (Å²) in [6.07, 6.45) is -5.56. The van der Waals surface area contributed by atoms with Gasteiger partial charge < -0.3 is 15.7 Å². The van der Waals surface area contributed by atoms with Crippen LogP contribution in [0.5, 0.6) is 0 Å². The molecule has 4 fully saturated rings. The molecule has 3 N–H and O–H groups in total. The lowest BCUT2D eigenvalue weighted by Gasteiger charge is -2.68. The van der Waals surface area contributed by atoms with Crippen LogP contribution in [0.25, 0.3) is 0 Å². The largest absolute Gasteiger partial charge is 0.522 e. The summed E-state index contributed by atoms with van der Waals surface area (Å²) in [5.74, 6) is -1.13. The SMILES string of the molecule is O=C(O)NC12CC(C(=O)NCC(=O)[C@H]3C[C@@H](OC(F)(F)F)C3)(C1)C2. The molecule has 0 radical (unpaired) electrons. The highest BCUT2D eigenvalue weighted by atomic mass is 19.4. The van der Waals surface area contributed by atoms with Gasteiger partial charge in [0.1, 0.15) is 0 Å². The van der Waals surface area contributed by atoms with Crippen molar-refractivity contribution in [2.75, 3.05) is 6.54 Å². The normalized spacial score (nSPS) is 36.6. The van der Waals surface area contributed by atoms with E-state index >= 15 is 0 Å². The van der Waals surface area contributed by atoms with Crippen molar-refractivity contribution in [3.05, 3.63) is 0 Å². The van der Waals surface area contributed by atoms with Crippen LogP contribution >= 0.6 is 0 Å². The summed E-state index contributed by atoms with van der Waals surface area (Å²) in [5, 5.41) is 13.6. The third-order valence-corrected chi connectivity index (χ3v) is 5.16. The molecule has 0 unspecified atom stereocenters. The van der Waals surface area contributed by atoms with Crippen molar-refractivity contribution in [1.82, 2.24) is 10.6 Å². The molecule has 0 aromatic carbocycles. The van der Waals surface area contributed by atoms with E-state index in [1.165, 1.54) is 0 Å². The van der Waals surface area contributed by atoms with Gasteiger partial charge in [0.25, 0.3) is 0 Å². The Morgan fingerprint density at radius 3 is 2.25 bits per heavy atom. The lowest BCUT2D eigenvalue weighted by Crippen LogP contribution is -2.78. The zero-order valence-electron chi connectivity index (χ0n) is 12.6. The summed E-state index contributed by atoms with van der Waals surface area (Å²) < 4.78 is 39.8. The molecule has 24 heavy (non-hydrogen) atoms. The molecule has 0 heterocycles. The summed E-state index contributed by atoms with van der Waals surface area (Å²) in [5.41, 5.74) is -1.12. The zero-order chi connectivity index (χ0) is 17.8. The van der Waals surface area contributed by atoms with Gasteiger partial charge in [-0.2, -0.15) is 0 Å². The average Bonchev–Trinajstić information content (AvgIpc) is 2.31. The van der Waals surface area contributed by atoms with E-state index in [0.717, 1.165) is 0 Å². The fourth-order valence-corrected chi connectivity index (χ4v) is 4.00. The topological polar surface area (TPSA) is 105 Å². The molecule has 2 amide bonds. The number of ether oxygens (including phenoxy) is 1. The summed E-state index contributed by atoms with van der Waals surface area (Å²) in [7, 11) is 0. The van der Waals surface area contributed by atoms with Crippen molar-refractivity contribution in [3.8, 4) is 0 Å². The highest BCUT2D eigenvalue weighted by Gasteiger charge is 2.72. The van der Waals surface area contributed by atoms with Crippen LogP contribution in [0.15, 0.2) is 0 Å². The van der Waals surface area contributed by atoms with Crippen molar-refractivity contribution in [1.29, 1.82) is 0 Å². The average molecular weight is 350 g/mol. The predicted molar refractivity (Wildman–Crippen MR) is 71.8 cm³/mol. The number of carbonyl (C=O) groups excluding carboxylic acids is 2. The van der Waals surface area contributed by atoms with Crippen LogP contribution in [0.1, 0.15) is 32.1 Å². The molecule has 4 rings (SSSR count). The third kappa shape index (κ3) is 3.06. The van der Waals surface area contributed by atoms with Crippen molar-refractivity contribution in [2.24, 2.45) is 11.3 Å². The molecule has 4 aliphatic carbocycles. The van der Waals surface area contributed by atoms with Crippen LogP contribution in [0.2, 0.25) is 0 Å². The van der Waals surface area contributed by atoms with Gasteiger partial charge in [-0.3, -0.25) is 14.3 Å². The molecule has 0 spiro atoms. The van der Waals surface area contributed by atoms with Crippen molar-refractivity contribution in [2.45, 2.75) is 50.1 Å². The molecule has 4 saturated carbocycles. The molecule has 4 aliphatic rings. The number of amides is 2. The molecule has 0 aliphatic heterocycles. The van der Waals surface area contributed by atoms with E-state index < -0.39 is 35.4 Å². The van der Waals surface area contributed by atoms with Crippen LogP contribution in [0.3, 0.4) is 0 Å². The smallest absolute Gasteiger partial charge is 0.465 e. The van der Waals surface area contributed by atoms with Crippen LogP contribution in [-0.2, 0) is 14.3 Å². The van der Waals surface area contributed by atoms with Crippen molar-refractivity contribution < 1.29 is 37.4 Å². The molecule has 0 saturated heterocycles. The number of hydrogen-bond acceptors (Lipinski definition) is 4. The van der Waals surface area contributed by atoms with E-state index in [2.05, 4.69) is 15.4 Å². The molecule has 134 valence electrons. The first-order chi connectivity index (χ1) is 11.0. The number of carbonyl (C=O) groups is 3. The Kier molecular flexibility index (Phi) is 3.78. The van der Waals surface area contributed by atoms with Gasteiger partial charge >= 0.3 is 12.5 Å². The lowest BCUT2D eigenvalue weighted by atomic mass is 9.39. The van der Waals surface area contributed by atoms with E-state index in [-0.39, 0.29) is 31.1 Å². The highest BCUT2D eigenvalue weighted by molar-refractivity contribution is 5.92. The standard InChI is InChI=1S/C14H17F3N2O5/c15-14(16,17)24-8-1-7(2-8)9(20)3-18-10(21)12-4-13(5-12,6-12)19-11(22)23/h7-8,19H,1-6H2,(H,18,21)(H,22,23)/t7-,8+,12?,13?. The Bertz CT molecular complexity index is 566. The first-order valence-electron chi connectivity index (χ1n) is 7.59. The van der Waals surface area contributed by atoms with Gasteiger partial charge in [-0.05, 0) is 32.1 Å². The van der Waals surface area contributed by atoms with Gasteiger partial charge in [-0.1, -0.05) is 0 Å². The monoisotopic (exact) mass is 350 g/mol. The second-order valence-electron chi connectivity index (χ2n) is 7.02. The van der Waals surface area contributed by atoms with Crippen LogP contribution < -0.4 is 10.6 Å². The van der Waals surface area contributed by atoms with Gasteiger partial charge in [0.2, 0.25) is 5.91 Å². The quantitative estimate of drug-likeness (QED) is 0.667. The van der Waals surface area contributed by atoms with E-state index in [1.807, 2.05) is 0 Å². The minimum absolute atomic E-state index is 0.00496. The lowest BCUT2D eigenvalue weighted by molar-refractivity contribution is -0.353. The van der Waals surface area contributed by atoms with Crippen molar-refractivity contribution >= 4 is 17.8 Å². The number of halogens is 3. The van der Waals surface area contributed by atoms with Gasteiger partial charge in [-0.25, -0.2) is 4.79 Å².